The summed E-state index contributed by atoms with van der Waals surface area (Å²) >= 11 is 0. The average Bonchev–Trinajstić information content (AvgIpc) is 2.68. The number of rotatable bonds is 7. The van der Waals surface area contributed by atoms with Gasteiger partial charge in [-0.05, 0) is 41.1 Å². The summed E-state index contributed by atoms with van der Waals surface area (Å²) in [7, 11) is 1.69. The molecule has 3 rings (SSSR count). The molecule has 0 aliphatic heterocycles. The summed E-state index contributed by atoms with van der Waals surface area (Å²) in [6.07, 6.45) is 4.39. The maximum absolute atomic E-state index is 12.7. The van der Waals surface area contributed by atoms with E-state index in [0.717, 1.165) is 28.4 Å². The van der Waals surface area contributed by atoms with Gasteiger partial charge in [-0.1, -0.05) is 30.3 Å². The molecule has 0 radical (unpaired) electrons. The first-order valence-corrected chi connectivity index (χ1v) is 8.63. The number of ether oxygens (including phenoxy) is 1. The van der Waals surface area contributed by atoms with Crippen molar-refractivity contribution in [2.24, 2.45) is 5.73 Å². The molecule has 5 heteroatoms. The lowest BCUT2D eigenvalue weighted by Gasteiger charge is -2.16. The molecule has 0 fully saturated rings. The molecule has 2 aromatic carbocycles. The lowest BCUT2D eigenvalue weighted by Crippen LogP contribution is -2.27. The number of methoxy groups -OCH3 is 1. The van der Waals surface area contributed by atoms with Gasteiger partial charge in [-0.25, -0.2) is 0 Å². The molecule has 1 unspecified atom stereocenters. The zero-order valence-electron chi connectivity index (χ0n) is 14.8. The second-order valence-electron chi connectivity index (χ2n) is 6.20. The van der Waals surface area contributed by atoms with E-state index in [-0.39, 0.29) is 18.4 Å². The molecule has 0 spiro atoms. The van der Waals surface area contributed by atoms with Gasteiger partial charge in [0.05, 0.1) is 12.5 Å². The fourth-order valence-corrected chi connectivity index (χ4v) is 2.92. The first-order chi connectivity index (χ1) is 12.7. The van der Waals surface area contributed by atoms with E-state index in [0.29, 0.717) is 6.61 Å². The summed E-state index contributed by atoms with van der Waals surface area (Å²) in [5.74, 6) is -0.495. The van der Waals surface area contributed by atoms with E-state index in [4.69, 9.17) is 10.5 Å². The largest absolute Gasteiger partial charge is 0.384 e. The van der Waals surface area contributed by atoms with Crippen LogP contribution in [-0.2, 0) is 16.0 Å². The van der Waals surface area contributed by atoms with E-state index in [2.05, 4.69) is 10.3 Å². The molecule has 5 nitrogen and oxygen atoms in total. The monoisotopic (exact) mass is 349 g/mol. The van der Waals surface area contributed by atoms with Gasteiger partial charge in [-0.15, -0.1) is 0 Å². The number of hydrogen-bond donors (Lipinski definition) is 2. The van der Waals surface area contributed by atoms with Gasteiger partial charge in [0.1, 0.15) is 0 Å². The predicted octanol–water partition coefficient (Wildman–Crippen LogP) is 3.10. The van der Waals surface area contributed by atoms with Crippen molar-refractivity contribution in [3.8, 4) is 0 Å². The maximum Gasteiger partial charge on any atom is 0.233 e. The molecule has 1 amide bonds. The number of carbonyl (C=O) groups is 1. The van der Waals surface area contributed by atoms with Crippen LogP contribution in [0.5, 0.6) is 0 Å². The highest BCUT2D eigenvalue weighted by molar-refractivity contribution is 5.98. The highest BCUT2D eigenvalue weighted by atomic mass is 16.5. The van der Waals surface area contributed by atoms with Gasteiger partial charge in [-0.3, -0.25) is 9.78 Å². The molecular formula is C21H23N3O2. The van der Waals surface area contributed by atoms with Gasteiger partial charge >= 0.3 is 0 Å². The summed E-state index contributed by atoms with van der Waals surface area (Å²) < 4.78 is 5.09. The molecule has 1 atom stereocenters. The molecule has 1 heterocycles. The number of hydrogen-bond acceptors (Lipinski definition) is 4. The molecule has 0 saturated heterocycles. The number of amides is 1. The second-order valence-corrected chi connectivity index (χ2v) is 6.20. The number of pyridine rings is 1. The molecule has 3 N–H and O–H groups in total. The highest BCUT2D eigenvalue weighted by Gasteiger charge is 2.19. The predicted molar refractivity (Wildman–Crippen MR) is 104 cm³/mol. The Kier molecular flexibility index (Phi) is 5.94. The molecule has 0 aliphatic carbocycles. The number of nitrogens with one attached hydrogen (secondary N) is 1. The third-order valence-electron chi connectivity index (χ3n) is 4.44. The van der Waals surface area contributed by atoms with Gasteiger partial charge in [0.2, 0.25) is 5.91 Å². The van der Waals surface area contributed by atoms with Crippen LogP contribution in [0.1, 0.15) is 17.0 Å². The molecule has 134 valence electrons. The fraction of sp³-hybridized carbons (Fsp3) is 0.238. The van der Waals surface area contributed by atoms with Gasteiger partial charge in [-0.2, -0.15) is 0 Å². The molecule has 0 aliphatic rings. The van der Waals surface area contributed by atoms with Crippen LogP contribution in [0.3, 0.4) is 0 Å². The Morgan fingerprint density at radius 3 is 2.69 bits per heavy atom. The normalized spacial score (nSPS) is 12.1. The summed E-state index contributed by atoms with van der Waals surface area (Å²) in [4.78, 5) is 16.8. The SMILES string of the molecule is COCCc1ccc(C(CN)C(=O)Nc2ccc3cnccc3c2)cc1. The van der Waals surface area contributed by atoms with Crippen LogP contribution in [0.4, 0.5) is 5.69 Å². The third kappa shape index (κ3) is 4.25. The van der Waals surface area contributed by atoms with Crippen LogP contribution in [-0.4, -0.2) is 31.2 Å². The van der Waals surface area contributed by atoms with Crippen molar-refractivity contribution >= 4 is 22.4 Å². The van der Waals surface area contributed by atoms with E-state index in [1.54, 1.807) is 19.5 Å². The number of benzene rings is 2. The van der Waals surface area contributed by atoms with E-state index >= 15 is 0 Å². The van der Waals surface area contributed by atoms with E-state index < -0.39 is 0 Å². The van der Waals surface area contributed by atoms with Crippen LogP contribution in [0.25, 0.3) is 10.8 Å². The topological polar surface area (TPSA) is 77.2 Å². The first kappa shape index (κ1) is 18.0. The summed E-state index contributed by atoms with van der Waals surface area (Å²) in [5.41, 5.74) is 8.72. The maximum atomic E-state index is 12.7. The number of carbonyl (C=O) groups excluding carboxylic acids is 1. The second kappa shape index (κ2) is 8.56. The molecular weight excluding hydrogens is 326 g/mol. The van der Waals surface area contributed by atoms with Crippen molar-refractivity contribution in [3.63, 3.8) is 0 Å². The summed E-state index contributed by atoms with van der Waals surface area (Å²) in [5, 5.41) is 5.04. The Morgan fingerprint density at radius 2 is 1.96 bits per heavy atom. The van der Waals surface area contributed by atoms with Crippen LogP contribution >= 0.6 is 0 Å². The zero-order valence-corrected chi connectivity index (χ0v) is 14.8. The third-order valence-corrected chi connectivity index (χ3v) is 4.44. The van der Waals surface area contributed by atoms with Crippen molar-refractivity contribution in [2.45, 2.75) is 12.3 Å². The smallest absolute Gasteiger partial charge is 0.233 e. The number of nitrogens with zero attached hydrogens (tertiary/aromatic N) is 1. The van der Waals surface area contributed by atoms with Crippen LogP contribution < -0.4 is 11.1 Å². The molecule has 26 heavy (non-hydrogen) atoms. The quantitative estimate of drug-likeness (QED) is 0.687. The van der Waals surface area contributed by atoms with Crippen molar-refractivity contribution in [1.82, 2.24) is 4.98 Å². The van der Waals surface area contributed by atoms with Gasteiger partial charge < -0.3 is 15.8 Å². The molecule has 3 aromatic rings. The Bertz CT molecular complexity index is 878. The Balaban J connectivity index is 1.73. The zero-order chi connectivity index (χ0) is 18.4. The number of fused-ring (bicyclic) bond motifs is 1. The number of anilines is 1. The van der Waals surface area contributed by atoms with Crippen LogP contribution in [0, 0.1) is 0 Å². The lowest BCUT2D eigenvalue weighted by molar-refractivity contribution is -0.117. The minimum Gasteiger partial charge on any atom is -0.384 e. The van der Waals surface area contributed by atoms with E-state index in [1.165, 1.54) is 5.56 Å². The van der Waals surface area contributed by atoms with E-state index in [9.17, 15) is 4.79 Å². The van der Waals surface area contributed by atoms with Gasteiger partial charge in [0, 0.05) is 37.1 Å². The lowest BCUT2D eigenvalue weighted by atomic mass is 9.96. The van der Waals surface area contributed by atoms with Crippen LogP contribution in [0.2, 0.25) is 0 Å². The minimum absolute atomic E-state index is 0.106. The summed E-state index contributed by atoms with van der Waals surface area (Å²) in [6.45, 7) is 0.929. The Labute approximate surface area is 153 Å². The standard InChI is InChI=1S/C21H23N3O2/c1-26-11-9-15-2-4-16(5-3-15)20(13-22)21(25)24-19-7-6-18-14-23-10-8-17(18)12-19/h2-8,10,12,14,20H,9,11,13,22H2,1H3,(H,24,25). The van der Waals surface area contributed by atoms with Crippen molar-refractivity contribution in [1.29, 1.82) is 0 Å². The number of aromatic nitrogens is 1. The fourth-order valence-electron chi connectivity index (χ4n) is 2.92. The van der Waals surface area contributed by atoms with Crippen molar-refractivity contribution in [2.75, 3.05) is 25.6 Å². The van der Waals surface area contributed by atoms with Crippen molar-refractivity contribution in [3.05, 3.63) is 72.1 Å². The Morgan fingerprint density at radius 1 is 1.15 bits per heavy atom. The van der Waals surface area contributed by atoms with E-state index in [1.807, 2.05) is 48.5 Å². The molecule has 0 bridgehead atoms. The number of nitrogens with two attached hydrogens (primary N) is 1. The minimum atomic E-state index is -0.389. The first-order valence-electron chi connectivity index (χ1n) is 8.63. The highest BCUT2D eigenvalue weighted by Crippen LogP contribution is 2.21. The average molecular weight is 349 g/mol. The van der Waals surface area contributed by atoms with Gasteiger partial charge in [0.15, 0.2) is 0 Å². The molecule has 1 aromatic heterocycles. The van der Waals surface area contributed by atoms with Crippen LogP contribution in [0.15, 0.2) is 60.9 Å². The summed E-state index contributed by atoms with van der Waals surface area (Å²) in [6, 6.07) is 15.7. The Hall–Kier alpha value is -2.76. The molecule has 0 saturated carbocycles. The van der Waals surface area contributed by atoms with Crippen molar-refractivity contribution < 1.29 is 9.53 Å². The van der Waals surface area contributed by atoms with Gasteiger partial charge in [0.25, 0.3) is 0 Å².